The molecular formula is C13H12ClN3O2S. The van der Waals surface area contributed by atoms with Crippen molar-refractivity contribution in [1.82, 2.24) is 4.31 Å². The lowest BCUT2D eigenvalue weighted by molar-refractivity contribution is 0.310. The minimum absolute atomic E-state index is 0.0638. The van der Waals surface area contributed by atoms with E-state index in [0.29, 0.717) is 25.9 Å². The van der Waals surface area contributed by atoms with Crippen molar-refractivity contribution < 1.29 is 8.42 Å². The Morgan fingerprint density at radius 1 is 1.25 bits per heavy atom. The molecule has 0 saturated carbocycles. The molecule has 104 valence electrons. The molecule has 7 heteroatoms. The van der Waals surface area contributed by atoms with Crippen LogP contribution in [0.25, 0.3) is 0 Å². The predicted octanol–water partition coefficient (Wildman–Crippen LogP) is 2.14. The van der Waals surface area contributed by atoms with Gasteiger partial charge in [0.25, 0.3) is 0 Å². The second kappa shape index (κ2) is 5.80. The van der Waals surface area contributed by atoms with Crippen LogP contribution in [-0.4, -0.2) is 25.8 Å². The van der Waals surface area contributed by atoms with E-state index in [0.717, 1.165) is 0 Å². The van der Waals surface area contributed by atoms with Crippen LogP contribution >= 0.6 is 11.6 Å². The molecule has 0 unspecified atom stereocenters. The number of sulfonamides is 1. The molecule has 1 saturated heterocycles. The number of hydrogen-bond acceptors (Lipinski definition) is 4. The summed E-state index contributed by atoms with van der Waals surface area (Å²) in [7, 11) is -3.63. The standard InChI is InChI=1S/C13H12ClN3O2S/c14-13-2-1-12(7-11(13)9-16)20(18,19)17-5-3-10(8-15)4-6-17/h1-2,7,10H,3-6H2. The first-order valence-corrected chi connectivity index (χ1v) is 7.90. The van der Waals surface area contributed by atoms with E-state index in [-0.39, 0.29) is 21.4 Å². The van der Waals surface area contributed by atoms with E-state index in [9.17, 15) is 8.42 Å². The van der Waals surface area contributed by atoms with Gasteiger partial charge < -0.3 is 0 Å². The number of halogens is 1. The van der Waals surface area contributed by atoms with E-state index in [1.54, 1.807) is 0 Å². The molecule has 0 bridgehead atoms. The average Bonchev–Trinajstić information content (AvgIpc) is 2.47. The fourth-order valence-corrected chi connectivity index (χ4v) is 3.78. The smallest absolute Gasteiger partial charge is 0.207 e. The first-order valence-electron chi connectivity index (χ1n) is 6.08. The lowest BCUT2D eigenvalue weighted by Crippen LogP contribution is -2.38. The highest BCUT2D eigenvalue weighted by Crippen LogP contribution is 2.26. The minimum Gasteiger partial charge on any atom is -0.207 e. The van der Waals surface area contributed by atoms with Gasteiger partial charge in [0.1, 0.15) is 6.07 Å². The van der Waals surface area contributed by atoms with E-state index in [1.165, 1.54) is 22.5 Å². The predicted molar refractivity (Wildman–Crippen MR) is 73.3 cm³/mol. The Labute approximate surface area is 123 Å². The Bertz CT molecular complexity index is 695. The van der Waals surface area contributed by atoms with Crippen LogP contribution in [0.1, 0.15) is 18.4 Å². The van der Waals surface area contributed by atoms with Gasteiger partial charge in [0, 0.05) is 19.0 Å². The minimum atomic E-state index is -3.63. The Morgan fingerprint density at radius 3 is 2.45 bits per heavy atom. The number of hydrogen-bond donors (Lipinski definition) is 0. The maximum absolute atomic E-state index is 12.5. The van der Waals surface area contributed by atoms with Crippen LogP contribution in [0, 0.1) is 28.6 Å². The number of rotatable bonds is 2. The van der Waals surface area contributed by atoms with Gasteiger partial charge in [0.15, 0.2) is 0 Å². The van der Waals surface area contributed by atoms with Gasteiger partial charge in [-0.3, -0.25) is 0 Å². The van der Waals surface area contributed by atoms with Crippen LogP contribution in [-0.2, 0) is 10.0 Å². The highest BCUT2D eigenvalue weighted by atomic mass is 35.5. The van der Waals surface area contributed by atoms with Gasteiger partial charge >= 0.3 is 0 Å². The molecule has 1 aromatic rings. The van der Waals surface area contributed by atoms with Crippen LogP contribution in [0.2, 0.25) is 5.02 Å². The molecule has 1 fully saturated rings. The van der Waals surface area contributed by atoms with Crippen molar-refractivity contribution in [3.05, 3.63) is 28.8 Å². The first kappa shape index (κ1) is 14.8. The van der Waals surface area contributed by atoms with Gasteiger partial charge in [0.05, 0.1) is 21.6 Å². The van der Waals surface area contributed by atoms with Crippen molar-refractivity contribution in [3.63, 3.8) is 0 Å². The molecule has 1 aromatic carbocycles. The van der Waals surface area contributed by atoms with Gasteiger partial charge in [-0.05, 0) is 31.0 Å². The topological polar surface area (TPSA) is 85.0 Å². The number of nitriles is 2. The molecular weight excluding hydrogens is 298 g/mol. The second-order valence-corrected chi connectivity index (χ2v) is 6.91. The van der Waals surface area contributed by atoms with Gasteiger partial charge in [-0.1, -0.05) is 11.6 Å². The molecule has 0 N–H and O–H groups in total. The summed E-state index contributed by atoms with van der Waals surface area (Å²) in [6.07, 6.45) is 1.07. The van der Waals surface area contributed by atoms with Gasteiger partial charge in [-0.15, -0.1) is 0 Å². The first-order chi connectivity index (χ1) is 9.48. The van der Waals surface area contributed by atoms with E-state index in [4.69, 9.17) is 22.1 Å². The SMILES string of the molecule is N#Cc1cc(S(=O)(=O)N2CCC(C#N)CC2)ccc1Cl. The molecule has 5 nitrogen and oxygen atoms in total. The van der Waals surface area contributed by atoms with Crippen LogP contribution in [0.5, 0.6) is 0 Å². The molecule has 0 aromatic heterocycles. The van der Waals surface area contributed by atoms with Crippen molar-refractivity contribution in [3.8, 4) is 12.1 Å². The molecule has 1 aliphatic rings. The zero-order valence-electron chi connectivity index (χ0n) is 10.6. The highest BCUT2D eigenvalue weighted by Gasteiger charge is 2.29. The maximum Gasteiger partial charge on any atom is 0.243 e. The fraction of sp³-hybridized carbons (Fsp3) is 0.385. The third kappa shape index (κ3) is 2.78. The lowest BCUT2D eigenvalue weighted by Gasteiger charge is -2.28. The van der Waals surface area contributed by atoms with Crippen LogP contribution in [0.3, 0.4) is 0 Å². The van der Waals surface area contributed by atoms with Gasteiger partial charge in [-0.25, -0.2) is 8.42 Å². The Kier molecular flexibility index (Phi) is 4.29. The molecule has 0 aliphatic carbocycles. The van der Waals surface area contributed by atoms with Crippen molar-refractivity contribution in [1.29, 1.82) is 10.5 Å². The van der Waals surface area contributed by atoms with Gasteiger partial charge in [0.2, 0.25) is 10.0 Å². The van der Waals surface area contributed by atoms with Crippen LogP contribution in [0.4, 0.5) is 0 Å². The quantitative estimate of drug-likeness (QED) is 0.837. The summed E-state index contributed by atoms with van der Waals surface area (Å²) in [5, 5.41) is 18.0. The second-order valence-electron chi connectivity index (χ2n) is 4.56. The summed E-state index contributed by atoms with van der Waals surface area (Å²) in [6, 6.07) is 8.12. The number of piperidine rings is 1. The van der Waals surface area contributed by atoms with E-state index in [2.05, 4.69) is 6.07 Å². The van der Waals surface area contributed by atoms with Crippen molar-refractivity contribution in [2.24, 2.45) is 5.92 Å². The third-order valence-corrected chi connectivity index (χ3v) is 5.56. The van der Waals surface area contributed by atoms with Crippen molar-refractivity contribution >= 4 is 21.6 Å². The summed E-state index contributed by atoms with van der Waals surface area (Å²) in [5.74, 6) is -0.0821. The number of nitrogens with zero attached hydrogens (tertiary/aromatic N) is 3. The van der Waals surface area contributed by atoms with Crippen LogP contribution in [0.15, 0.2) is 23.1 Å². The van der Waals surface area contributed by atoms with E-state index in [1.807, 2.05) is 6.07 Å². The van der Waals surface area contributed by atoms with E-state index < -0.39 is 10.0 Å². The summed E-state index contributed by atoms with van der Waals surface area (Å²) >= 11 is 5.80. The Balaban J connectivity index is 2.28. The molecule has 1 aliphatic heterocycles. The zero-order chi connectivity index (χ0) is 14.8. The fourth-order valence-electron chi connectivity index (χ4n) is 2.12. The summed E-state index contributed by atoms with van der Waals surface area (Å²) in [5.41, 5.74) is 0.139. The monoisotopic (exact) mass is 309 g/mol. The molecule has 0 atom stereocenters. The Morgan fingerprint density at radius 2 is 1.90 bits per heavy atom. The molecule has 0 spiro atoms. The summed E-state index contributed by atoms with van der Waals surface area (Å²) < 4.78 is 26.3. The van der Waals surface area contributed by atoms with E-state index >= 15 is 0 Å². The highest BCUT2D eigenvalue weighted by molar-refractivity contribution is 7.89. The van der Waals surface area contributed by atoms with Crippen molar-refractivity contribution in [2.75, 3.05) is 13.1 Å². The maximum atomic E-state index is 12.5. The third-order valence-electron chi connectivity index (χ3n) is 3.33. The zero-order valence-corrected chi connectivity index (χ0v) is 12.2. The summed E-state index contributed by atoms with van der Waals surface area (Å²) in [6.45, 7) is 0.649. The Hall–Kier alpha value is -1.60. The molecule has 0 amide bonds. The van der Waals surface area contributed by atoms with Gasteiger partial charge in [-0.2, -0.15) is 14.8 Å². The molecule has 0 radical (unpaired) electrons. The van der Waals surface area contributed by atoms with Crippen LogP contribution < -0.4 is 0 Å². The molecule has 2 rings (SSSR count). The lowest BCUT2D eigenvalue weighted by atomic mass is 10.0. The average molecular weight is 310 g/mol. The molecule has 20 heavy (non-hydrogen) atoms. The summed E-state index contributed by atoms with van der Waals surface area (Å²) in [4.78, 5) is 0.0638. The molecule has 1 heterocycles. The largest absolute Gasteiger partial charge is 0.243 e. The number of benzene rings is 1. The van der Waals surface area contributed by atoms with Crippen molar-refractivity contribution in [2.45, 2.75) is 17.7 Å². The normalized spacial score (nSPS) is 17.4.